The first-order valence-corrected chi connectivity index (χ1v) is 10.6. The SMILES string of the molecule is CNC(=O)c1cc(C(=O)O)cc(Cc2cccc3c2CCN3C(O)OCc2ccccc2)n1. The Kier molecular flexibility index (Phi) is 6.67. The molecule has 1 amide bonds. The van der Waals surface area contributed by atoms with E-state index in [9.17, 15) is 19.8 Å². The molecule has 0 fully saturated rings. The maximum Gasteiger partial charge on any atom is 0.335 e. The number of anilines is 1. The number of rotatable bonds is 8. The lowest BCUT2D eigenvalue weighted by molar-refractivity contribution is -0.107. The Morgan fingerprint density at radius 2 is 1.94 bits per heavy atom. The van der Waals surface area contributed by atoms with Gasteiger partial charge in [0.15, 0.2) is 0 Å². The normalized spacial score (nSPS) is 13.5. The lowest BCUT2D eigenvalue weighted by Gasteiger charge is -2.26. The summed E-state index contributed by atoms with van der Waals surface area (Å²) in [5.41, 5.74) is 4.41. The van der Waals surface area contributed by atoms with Crippen LogP contribution in [0.4, 0.5) is 5.69 Å². The zero-order valence-electron chi connectivity index (χ0n) is 18.2. The number of nitrogens with one attached hydrogen (secondary N) is 1. The Hall–Kier alpha value is -3.75. The van der Waals surface area contributed by atoms with Crippen LogP contribution in [0, 0.1) is 0 Å². The van der Waals surface area contributed by atoms with Crippen molar-refractivity contribution in [2.75, 3.05) is 18.5 Å². The topological polar surface area (TPSA) is 112 Å². The molecular formula is C25H25N3O5. The quantitative estimate of drug-likeness (QED) is 0.455. The Labute approximate surface area is 191 Å². The van der Waals surface area contributed by atoms with Crippen molar-refractivity contribution in [3.63, 3.8) is 0 Å². The van der Waals surface area contributed by atoms with Crippen LogP contribution in [0.1, 0.15) is 43.2 Å². The molecule has 0 saturated heterocycles. The highest BCUT2D eigenvalue weighted by atomic mass is 16.6. The molecule has 3 aromatic rings. The van der Waals surface area contributed by atoms with E-state index in [0.717, 1.165) is 22.4 Å². The number of hydrogen-bond donors (Lipinski definition) is 3. The Bertz CT molecular complexity index is 1170. The number of ether oxygens (including phenoxy) is 1. The smallest absolute Gasteiger partial charge is 0.335 e. The molecule has 1 unspecified atom stereocenters. The molecule has 2 aromatic carbocycles. The molecule has 3 N–H and O–H groups in total. The van der Waals surface area contributed by atoms with E-state index in [4.69, 9.17) is 4.74 Å². The van der Waals surface area contributed by atoms with Gasteiger partial charge in [0, 0.05) is 31.4 Å². The molecule has 8 nitrogen and oxygen atoms in total. The van der Waals surface area contributed by atoms with E-state index >= 15 is 0 Å². The number of hydrogen-bond acceptors (Lipinski definition) is 6. The molecule has 0 bridgehead atoms. The number of carbonyl (C=O) groups excluding carboxylic acids is 1. The molecule has 1 atom stereocenters. The number of amides is 1. The standard InChI is InChI=1S/C25H25N3O5/c1-26-23(29)21-14-18(24(30)31)13-19(27-21)12-17-8-5-9-22-20(17)10-11-28(22)25(32)33-15-16-6-3-2-4-7-16/h2-9,13-14,25,32H,10-12,15H2,1H3,(H,26,29)(H,30,31). The van der Waals surface area contributed by atoms with Crippen molar-refractivity contribution >= 4 is 17.6 Å². The minimum atomic E-state index is -1.12. The minimum absolute atomic E-state index is 0.0116. The van der Waals surface area contributed by atoms with Gasteiger partial charge >= 0.3 is 5.97 Å². The highest BCUT2D eigenvalue weighted by Crippen LogP contribution is 2.33. The minimum Gasteiger partial charge on any atom is -0.478 e. The second kappa shape index (κ2) is 9.81. The maximum atomic E-state index is 12.0. The van der Waals surface area contributed by atoms with E-state index in [1.54, 1.807) is 4.90 Å². The molecule has 0 radical (unpaired) electrons. The monoisotopic (exact) mass is 447 g/mol. The summed E-state index contributed by atoms with van der Waals surface area (Å²) < 4.78 is 5.68. The van der Waals surface area contributed by atoms with Crippen LogP contribution in [0.2, 0.25) is 0 Å². The number of carbonyl (C=O) groups is 2. The number of nitrogens with zero attached hydrogens (tertiary/aromatic N) is 2. The van der Waals surface area contributed by atoms with Gasteiger partial charge in [-0.1, -0.05) is 42.5 Å². The molecule has 2 heterocycles. The van der Waals surface area contributed by atoms with Crippen LogP contribution >= 0.6 is 0 Å². The highest BCUT2D eigenvalue weighted by Gasteiger charge is 2.27. The Balaban J connectivity index is 1.55. The fourth-order valence-corrected chi connectivity index (χ4v) is 4.00. The number of carboxylic acid groups (broad SMARTS) is 1. The highest BCUT2D eigenvalue weighted by molar-refractivity contribution is 5.95. The summed E-state index contributed by atoms with van der Waals surface area (Å²) in [6.45, 7) is 0.885. The number of pyridine rings is 1. The molecule has 8 heteroatoms. The molecule has 170 valence electrons. The Morgan fingerprint density at radius 3 is 2.67 bits per heavy atom. The Morgan fingerprint density at radius 1 is 1.15 bits per heavy atom. The van der Waals surface area contributed by atoms with Gasteiger partial charge in [0.05, 0.1) is 12.2 Å². The van der Waals surface area contributed by atoms with Crippen LogP contribution in [0.5, 0.6) is 0 Å². The van der Waals surface area contributed by atoms with Crippen molar-refractivity contribution in [1.82, 2.24) is 10.3 Å². The number of aromatic nitrogens is 1. The molecule has 1 aliphatic heterocycles. The molecule has 0 saturated carbocycles. The fraction of sp³-hybridized carbons (Fsp3) is 0.240. The predicted molar refractivity (Wildman–Crippen MR) is 122 cm³/mol. The predicted octanol–water partition coefficient (Wildman–Crippen LogP) is 2.59. The fourth-order valence-electron chi connectivity index (χ4n) is 4.00. The summed E-state index contributed by atoms with van der Waals surface area (Å²) >= 11 is 0. The number of aliphatic hydroxyl groups is 1. The van der Waals surface area contributed by atoms with Crippen molar-refractivity contribution in [1.29, 1.82) is 0 Å². The second-order valence-electron chi connectivity index (χ2n) is 7.77. The molecular weight excluding hydrogens is 422 g/mol. The average molecular weight is 447 g/mol. The van der Waals surface area contributed by atoms with E-state index in [2.05, 4.69) is 10.3 Å². The first-order chi connectivity index (χ1) is 16.0. The van der Waals surface area contributed by atoms with Crippen molar-refractivity contribution in [2.45, 2.75) is 25.9 Å². The van der Waals surface area contributed by atoms with Gasteiger partial charge in [0.2, 0.25) is 6.41 Å². The van der Waals surface area contributed by atoms with Gasteiger partial charge in [-0.05, 0) is 41.3 Å². The van der Waals surface area contributed by atoms with Crippen molar-refractivity contribution in [2.24, 2.45) is 0 Å². The first-order valence-electron chi connectivity index (χ1n) is 10.6. The van der Waals surface area contributed by atoms with Crippen LogP contribution in [0.3, 0.4) is 0 Å². The maximum absolute atomic E-state index is 12.0. The van der Waals surface area contributed by atoms with Gasteiger partial charge < -0.3 is 25.2 Å². The van der Waals surface area contributed by atoms with Gasteiger partial charge in [-0.2, -0.15) is 0 Å². The zero-order valence-corrected chi connectivity index (χ0v) is 18.2. The van der Waals surface area contributed by atoms with Crippen LogP contribution < -0.4 is 10.2 Å². The third-order valence-electron chi connectivity index (χ3n) is 5.63. The summed E-state index contributed by atoms with van der Waals surface area (Å²) in [4.78, 5) is 29.7. The van der Waals surface area contributed by atoms with Crippen molar-refractivity contribution in [3.05, 3.63) is 94.3 Å². The third-order valence-corrected chi connectivity index (χ3v) is 5.63. The molecule has 1 aliphatic rings. The van der Waals surface area contributed by atoms with Gasteiger partial charge in [0.1, 0.15) is 5.69 Å². The van der Waals surface area contributed by atoms with Crippen LogP contribution in [-0.2, 0) is 24.2 Å². The summed E-state index contributed by atoms with van der Waals surface area (Å²) in [6.07, 6.45) is -0.0172. The molecule has 0 aliphatic carbocycles. The van der Waals surface area contributed by atoms with Crippen LogP contribution in [-0.4, -0.2) is 47.1 Å². The summed E-state index contributed by atoms with van der Waals surface area (Å²) in [5.74, 6) is -1.56. The third kappa shape index (κ3) is 5.02. The van der Waals surface area contributed by atoms with E-state index < -0.39 is 18.3 Å². The van der Waals surface area contributed by atoms with Crippen molar-refractivity contribution in [3.8, 4) is 0 Å². The summed E-state index contributed by atoms with van der Waals surface area (Å²) in [7, 11) is 1.47. The number of aliphatic hydroxyl groups excluding tert-OH is 1. The number of fused-ring (bicyclic) bond motifs is 1. The van der Waals surface area contributed by atoms with Gasteiger partial charge in [-0.3, -0.25) is 4.79 Å². The summed E-state index contributed by atoms with van der Waals surface area (Å²) in [6, 6.07) is 18.2. The number of carboxylic acids is 1. The molecule has 1 aromatic heterocycles. The first kappa shape index (κ1) is 22.4. The lowest BCUT2D eigenvalue weighted by atomic mass is 9.99. The zero-order chi connectivity index (χ0) is 23.4. The lowest BCUT2D eigenvalue weighted by Crippen LogP contribution is -2.35. The van der Waals surface area contributed by atoms with E-state index in [0.29, 0.717) is 31.7 Å². The summed E-state index contributed by atoms with van der Waals surface area (Å²) in [5, 5.41) is 22.6. The van der Waals surface area contributed by atoms with Crippen LogP contribution in [0.15, 0.2) is 60.7 Å². The molecule has 33 heavy (non-hydrogen) atoms. The van der Waals surface area contributed by atoms with Gasteiger partial charge in [0.25, 0.3) is 5.91 Å². The average Bonchev–Trinajstić information content (AvgIpc) is 3.28. The van der Waals surface area contributed by atoms with E-state index in [1.807, 2.05) is 48.5 Å². The van der Waals surface area contributed by atoms with Gasteiger partial charge in [-0.15, -0.1) is 0 Å². The van der Waals surface area contributed by atoms with E-state index in [1.165, 1.54) is 19.2 Å². The number of aromatic carboxylic acids is 1. The molecule has 0 spiro atoms. The van der Waals surface area contributed by atoms with Crippen LogP contribution in [0.25, 0.3) is 0 Å². The van der Waals surface area contributed by atoms with E-state index in [-0.39, 0.29) is 11.3 Å². The largest absolute Gasteiger partial charge is 0.478 e. The van der Waals surface area contributed by atoms with Gasteiger partial charge in [-0.25, -0.2) is 9.78 Å². The van der Waals surface area contributed by atoms with Crippen molar-refractivity contribution < 1.29 is 24.5 Å². The molecule has 4 rings (SSSR count). The second-order valence-corrected chi connectivity index (χ2v) is 7.77. The number of benzene rings is 2.